The largest absolute Gasteiger partial charge is 0.368 e. The molecule has 0 atom stereocenters. The summed E-state index contributed by atoms with van der Waals surface area (Å²) >= 11 is 0. The van der Waals surface area contributed by atoms with E-state index in [-0.39, 0.29) is 37.2 Å². The summed E-state index contributed by atoms with van der Waals surface area (Å²) in [5.41, 5.74) is 2.29. The highest BCUT2D eigenvalue weighted by molar-refractivity contribution is 5.86. The zero-order valence-corrected chi connectivity index (χ0v) is 12.2. The fraction of sp³-hybridized carbons (Fsp3) is 0.364. The van der Waals surface area contributed by atoms with Gasteiger partial charge < -0.3 is 14.6 Å². The lowest BCUT2D eigenvalue weighted by Crippen LogP contribution is -2.43. The van der Waals surface area contributed by atoms with Crippen molar-refractivity contribution in [1.82, 2.24) is 14.7 Å². The zero-order chi connectivity index (χ0) is 10.1. The van der Waals surface area contributed by atoms with Gasteiger partial charge in [-0.2, -0.15) is 0 Å². The Morgan fingerprint density at radius 1 is 1.06 bits per heavy atom. The fourth-order valence-electron chi connectivity index (χ4n) is 2.02. The van der Waals surface area contributed by atoms with Crippen LogP contribution < -0.4 is 10.2 Å². The van der Waals surface area contributed by atoms with Crippen molar-refractivity contribution in [1.29, 1.82) is 0 Å². The van der Waals surface area contributed by atoms with Gasteiger partial charge in [0, 0.05) is 44.8 Å². The number of halogens is 3. The molecular weight excluding hydrogens is 295 g/mol. The average Bonchev–Trinajstić information content (AvgIpc) is 2.77. The molecule has 0 bridgehead atoms. The number of aromatic nitrogens is 2. The first-order valence-electron chi connectivity index (χ1n) is 5.32. The van der Waals surface area contributed by atoms with Crippen LogP contribution in [0.5, 0.6) is 0 Å². The summed E-state index contributed by atoms with van der Waals surface area (Å²) in [5, 5.41) is 3.36. The number of hydrogen-bond acceptors (Lipinski definition) is 3. The van der Waals surface area contributed by atoms with Crippen LogP contribution in [0.2, 0.25) is 0 Å². The maximum atomic E-state index is 4.24. The first kappa shape index (κ1) is 17.3. The molecule has 1 saturated heterocycles. The van der Waals surface area contributed by atoms with Crippen LogP contribution in [0.4, 0.5) is 5.69 Å². The summed E-state index contributed by atoms with van der Waals surface area (Å²) in [6, 6.07) is 4.21. The quantitative estimate of drug-likeness (QED) is 0.874. The van der Waals surface area contributed by atoms with Crippen LogP contribution in [-0.4, -0.2) is 35.6 Å². The molecule has 0 spiro atoms. The third-order valence-electron chi connectivity index (χ3n) is 2.86. The van der Waals surface area contributed by atoms with Crippen molar-refractivity contribution in [2.45, 2.75) is 0 Å². The second-order valence-electron chi connectivity index (χ2n) is 3.82. The number of rotatable bonds is 1. The monoisotopic (exact) mass is 310 g/mol. The van der Waals surface area contributed by atoms with E-state index < -0.39 is 0 Å². The minimum absolute atomic E-state index is 0. The van der Waals surface area contributed by atoms with Crippen molar-refractivity contribution in [2.75, 3.05) is 31.1 Å². The molecule has 3 rings (SSSR count). The molecule has 1 N–H and O–H groups in total. The Labute approximate surface area is 125 Å². The topological polar surface area (TPSA) is 32.6 Å². The zero-order valence-electron chi connectivity index (χ0n) is 9.78. The molecule has 2 aromatic heterocycles. The van der Waals surface area contributed by atoms with Gasteiger partial charge in [0.25, 0.3) is 0 Å². The van der Waals surface area contributed by atoms with E-state index in [1.807, 2.05) is 12.4 Å². The number of hydrogen-bond donors (Lipinski definition) is 1. The van der Waals surface area contributed by atoms with Gasteiger partial charge >= 0.3 is 0 Å². The van der Waals surface area contributed by atoms with E-state index in [2.05, 4.69) is 37.9 Å². The van der Waals surface area contributed by atoms with E-state index in [4.69, 9.17) is 0 Å². The van der Waals surface area contributed by atoms with Crippen LogP contribution >= 0.6 is 37.2 Å². The standard InChI is InChI=1S/C11H14N4.3ClH/c1-2-11-13-5-8-15(11)9-10(1)14-6-3-12-4-7-14;;;/h1-2,5,8-9,12H,3-4,6-7H2;3*1H. The van der Waals surface area contributed by atoms with Gasteiger partial charge in [0.05, 0.1) is 5.69 Å². The summed E-state index contributed by atoms with van der Waals surface area (Å²) in [4.78, 5) is 6.64. The summed E-state index contributed by atoms with van der Waals surface area (Å²) in [6.07, 6.45) is 5.96. The van der Waals surface area contributed by atoms with Gasteiger partial charge in [0.2, 0.25) is 0 Å². The Morgan fingerprint density at radius 2 is 1.78 bits per heavy atom. The maximum absolute atomic E-state index is 4.24. The van der Waals surface area contributed by atoms with Crippen molar-refractivity contribution in [3.8, 4) is 0 Å². The molecule has 0 saturated carbocycles. The van der Waals surface area contributed by atoms with Crippen molar-refractivity contribution < 1.29 is 0 Å². The Kier molecular flexibility index (Phi) is 7.40. The van der Waals surface area contributed by atoms with Gasteiger partial charge in [0.15, 0.2) is 0 Å². The van der Waals surface area contributed by atoms with Crippen molar-refractivity contribution in [2.24, 2.45) is 0 Å². The molecule has 0 radical (unpaired) electrons. The molecule has 1 aliphatic rings. The Bertz CT molecular complexity index is 468. The van der Waals surface area contributed by atoms with Gasteiger partial charge in [0.1, 0.15) is 5.65 Å². The number of anilines is 1. The Hall–Kier alpha value is -0.680. The van der Waals surface area contributed by atoms with Crippen LogP contribution in [0.3, 0.4) is 0 Å². The molecule has 3 heterocycles. The minimum Gasteiger partial charge on any atom is -0.368 e. The molecule has 18 heavy (non-hydrogen) atoms. The van der Waals surface area contributed by atoms with E-state index in [1.54, 1.807) is 0 Å². The molecule has 1 fully saturated rings. The van der Waals surface area contributed by atoms with E-state index >= 15 is 0 Å². The lowest BCUT2D eigenvalue weighted by Gasteiger charge is -2.29. The van der Waals surface area contributed by atoms with E-state index in [0.717, 1.165) is 31.8 Å². The summed E-state index contributed by atoms with van der Waals surface area (Å²) < 4.78 is 2.07. The Balaban J connectivity index is 0.000000963. The molecule has 4 nitrogen and oxygen atoms in total. The molecule has 0 aliphatic carbocycles. The maximum Gasteiger partial charge on any atom is 0.136 e. The fourth-order valence-corrected chi connectivity index (χ4v) is 2.02. The summed E-state index contributed by atoms with van der Waals surface area (Å²) in [6.45, 7) is 4.31. The predicted octanol–water partition coefficient (Wildman–Crippen LogP) is 2.01. The third kappa shape index (κ3) is 3.42. The van der Waals surface area contributed by atoms with Gasteiger partial charge in [-0.25, -0.2) is 4.98 Å². The second-order valence-corrected chi connectivity index (χ2v) is 3.82. The van der Waals surface area contributed by atoms with Gasteiger partial charge in [-0.1, -0.05) is 0 Å². The molecule has 1 aliphatic heterocycles. The van der Waals surface area contributed by atoms with Crippen LogP contribution in [0.1, 0.15) is 0 Å². The third-order valence-corrected chi connectivity index (χ3v) is 2.86. The van der Waals surface area contributed by atoms with E-state index in [9.17, 15) is 0 Å². The highest BCUT2D eigenvalue weighted by Gasteiger charge is 2.10. The van der Waals surface area contributed by atoms with Gasteiger partial charge in [-0.05, 0) is 12.1 Å². The second kappa shape index (κ2) is 7.69. The minimum atomic E-state index is 0. The highest BCUT2D eigenvalue weighted by atomic mass is 35.5. The lowest BCUT2D eigenvalue weighted by atomic mass is 10.3. The lowest BCUT2D eigenvalue weighted by molar-refractivity contribution is 0.588. The van der Waals surface area contributed by atoms with Gasteiger partial charge in [-0.15, -0.1) is 37.2 Å². The number of nitrogens with zero attached hydrogens (tertiary/aromatic N) is 3. The SMILES string of the molecule is Cl.Cl.Cl.c1cn2cc(N3CCNCC3)ccc2n1. The van der Waals surface area contributed by atoms with E-state index in [0.29, 0.717) is 0 Å². The molecule has 0 unspecified atom stereocenters. The summed E-state index contributed by atoms with van der Waals surface area (Å²) in [5.74, 6) is 0. The molecular formula is C11H17Cl3N4. The van der Waals surface area contributed by atoms with Crippen LogP contribution in [0.15, 0.2) is 30.7 Å². The van der Waals surface area contributed by atoms with E-state index in [1.165, 1.54) is 5.69 Å². The first-order valence-corrected chi connectivity index (χ1v) is 5.32. The smallest absolute Gasteiger partial charge is 0.136 e. The highest BCUT2D eigenvalue weighted by Crippen LogP contribution is 2.15. The number of fused-ring (bicyclic) bond motifs is 1. The van der Waals surface area contributed by atoms with Gasteiger partial charge in [-0.3, -0.25) is 0 Å². The molecule has 7 heteroatoms. The number of nitrogens with one attached hydrogen (secondary N) is 1. The van der Waals surface area contributed by atoms with Crippen molar-refractivity contribution in [3.05, 3.63) is 30.7 Å². The van der Waals surface area contributed by atoms with Crippen LogP contribution in [-0.2, 0) is 0 Å². The van der Waals surface area contributed by atoms with Crippen LogP contribution in [0, 0.1) is 0 Å². The molecule has 0 amide bonds. The van der Waals surface area contributed by atoms with Crippen LogP contribution in [0.25, 0.3) is 5.65 Å². The molecule has 0 aromatic carbocycles. The molecule has 102 valence electrons. The summed E-state index contributed by atoms with van der Waals surface area (Å²) in [7, 11) is 0. The predicted molar refractivity (Wildman–Crippen MR) is 82.0 cm³/mol. The number of piperazine rings is 1. The van der Waals surface area contributed by atoms with Crippen molar-refractivity contribution in [3.63, 3.8) is 0 Å². The average molecular weight is 312 g/mol. The first-order chi connectivity index (χ1) is 7.43. The Morgan fingerprint density at radius 3 is 2.50 bits per heavy atom. The molecule has 2 aromatic rings. The normalized spacial score (nSPS) is 14.3. The number of imidazole rings is 1. The number of pyridine rings is 1. The van der Waals surface area contributed by atoms with Crippen molar-refractivity contribution >= 4 is 48.6 Å².